The second-order valence-corrected chi connectivity index (χ2v) is 3.87. The maximum absolute atomic E-state index is 11.9. The molecule has 0 spiro atoms. The van der Waals surface area contributed by atoms with Crippen molar-refractivity contribution in [2.45, 2.75) is 6.92 Å². The van der Waals surface area contributed by atoms with Crippen molar-refractivity contribution in [3.8, 4) is 0 Å². The fraction of sp³-hybridized carbons (Fsp3) is 0.250. The van der Waals surface area contributed by atoms with E-state index in [0.29, 0.717) is 5.56 Å². The van der Waals surface area contributed by atoms with Crippen molar-refractivity contribution < 1.29 is 4.79 Å². The smallest absolute Gasteiger partial charge is 0.270 e. The van der Waals surface area contributed by atoms with Gasteiger partial charge in [-0.15, -0.1) is 10.2 Å². The molecule has 0 saturated carbocycles. The molecule has 1 N–H and O–H groups in total. The van der Waals surface area contributed by atoms with Crippen molar-refractivity contribution in [2.75, 3.05) is 23.9 Å². The number of carbonyl (C=O) groups is 1. The minimum absolute atomic E-state index is 0.194. The van der Waals surface area contributed by atoms with Crippen LogP contribution in [-0.4, -0.2) is 34.4 Å². The van der Waals surface area contributed by atoms with E-state index in [2.05, 4.69) is 27.4 Å². The van der Waals surface area contributed by atoms with Gasteiger partial charge in [0.05, 0.1) is 0 Å². The number of rotatable bonds is 4. The largest absolute Gasteiger partial charge is 0.375 e. The van der Waals surface area contributed by atoms with E-state index in [9.17, 15) is 4.79 Å². The SMILES string of the molecule is CCN(C)c1ccc(C(=O)Nn2cnnc2)cc1. The Labute approximate surface area is 105 Å². The van der Waals surface area contributed by atoms with Crippen LogP contribution in [0.1, 0.15) is 17.3 Å². The van der Waals surface area contributed by atoms with Crippen LogP contribution in [0.5, 0.6) is 0 Å². The van der Waals surface area contributed by atoms with Gasteiger partial charge < -0.3 is 4.90 Å². The molecule has 6 heteroatoms. The van der Waals surface area contributed by atoms with Gasteiger partial charge in [0.2, 0.25) is 0 Å². The highest BCUT2D eigenvalue weighted by molar-refractivity contribution is 6.00. The van der Waals surface area contributed by atoms with Crippen molar-refractivity contribution in [1.29, 1.82) is 0 Å². The van der Waals surface area contributed by atoms with Gasteiger partial charge in [-0.25, -0.2) is 4.68 Å². The number of hydrogen-bond acceptors (Lipinski definition) is 4. The zero-order valence-electron chi connectivity index (χ0n) is 10.4. The molecule has 6 nitrogen and oxygen atoms in total. The Morgan fingerprint density at radius 3 is 2.44 bits per heavy atom. The van der Waals surface area contributed by atoms with Gasteiger partial charge in [0.1, 0.15) is 12.7 Å². The normalized spacial score (nSPS) is 10.1. The van der Waals surface area contributed by atoms with Gasteiger partial charge in [0.25, 0.3) is 5.91 Å². The lowest BCUT2D eigenvalue weighted by Crippen LogP contribution is -2.21. The van der Waals surface area contributed by atoms with Crippen LogP contribution in [0, 0.1) is 0 Å². The fourth-order valence-corrected chi connectivity index (χ4v) is 1.49. The Bertz CT molecular complexity index is 506. The van der Waals surface area contributed by atoms with Crippen molar-refractivity contribution in [1.82, 2.24) is 14.9 Å². The van der Waals surface area contributed by atoms with Crippen LogP contribution in [0.2, 0.25) is 0 Å². The number of aromatic nitrogens is 3. The van der Waals surface area contributed by atoms with Crippen LogP contribution >= 0.6 is 0 Å². The molecule has 1 amide bonds. The average Bonchev–Trinajstić information content (AvgIpc) is 2.91. The van der Waals surface area contributed by atoms with Crippen molar-refractivity contribution in [2.24, 2.45) is 0 Å². The summed E-state index contributed by atoms with van der Waals surface area (Å²) in [6.07, 6.45) is 2.86. The summed E-state index contributed by atoms with van der Waals surface area (Å²) >= 11 is 0. The number of nitrogens with one attached hydrogen (secondary N) is 1. The highest BCUT2D eigenvalue weighted by Crippen LogP contribution is 2.13. The lowest BCUT2D eigenvalue weighted by molar-refractivity contribution is 0.101. The quantitative estimate of drug-likeness (QED) is 0.876. The molecule has 0 fully saturated rings. The molecule has 0 aliphatic heterocycles. The molecule has 1 aromatic carbocycles. The molecule has 2 aromatic rings. The number of benzene rings is 1. The molecule has 0 atom stereocenters. The number of nitrogens with zero attached hydrogens (tertiary/aromatic N) is 4. The average molecular weight is 245 g/mol. The Morgan fingerprint density at radius 2 is 1.89 bits per heavy atom. The summed E-state index contributed by atoms with van der Waals surface area (Å²) in [5.41, 5.74) is 4.32. The van der Waals surface area contributed by atoms with E-state index >= 15 is 0 Å². The number of amides is 1. The van der Waals surface area contributed by atoms with Gasteiger partial charge in [-0.2, -0.15) is 0 Å². The number of hydrogen-bond donors (Lipinski definition) is 1. The Kier molecular flexibility index (Phi) is 3.57. The molecule has 0 unspecified atom stereocenters. The third-order valence-electron chi connectivity index (χ3n) is 2.69. The summed E-state index contributed by atoms with van der Waals surface area (Å²) in [6, 6.07) is 7.43. The van der Waals surface area contributed by atoms with Gasteiger partial charge in [-0.05, 0) is 31.2 Å². The fourth-order valence-electron chi connectivity index (χ4n) is 1.49. The summed E-state index contributed by atoms with van der Waals surface area (Å²) in [4.78, 5) is 14.0. The summed E-state index contributed by atoms with van der Waals surface area (Å²) in [5.74, 6) is -0.194. The first-order chi connectivity index (χ1) is 8.70. The third-order valence-corrected chi connectivity index (χ3v) is 2.69. The van der Waals surface area contributed by atoms with Gasteiger partial charge in [-0.1, -0.05) is 0 Å². The molecule has 2 rings (SSSR count). The molecule has 0 radical (unpaired) electrons. The highest BCUT2D eigenvalue weighted by atomic mass is 16.2. The first kappa shape index (κ1) is 12.1. The molecule has 18 heavy (non-hydrogen) atoms. The van der Waals surface area contributed by atoms with Crippen LogP contribution in [0.25, 0.3) is 0 Å². The van der Waals surface area contributed by atoms with E-state index in [4.69, 9.17) is 0 Å². The second-order valence-electron chi connectivity index (χ2n) is 3.87. The minimum atomic E-state index is -0.194. The van der Waals surface area contributed by atoms with E-state index in [-0.39, 0.29) is 5.91 Å². The first-order valence-corrected chi connectivity index (χ1v) is 5.68. The number of carbonyl (C=O) groups excluding carboxylic acids is 1. The standard InChI is InChI=1S/C12H15N5O/c1-3-16(2)11-6-4-10(5-7-11)12(18)15-17-8-13-14-9-17/h4-9H,3H2,1-2H3,(H,15,18). The van der Waals surface area contributed by atoms with Crippen LogP contribution in [0.15, 0.2) is 36.9 Å². The molecular weight excluding hydrogens is 230 g/mol. The monoisotopic (exact) mass is 245 g/mol. The third kappa shape index (κ3) is 2.65. The first-order valence-electron chi connectivity index (χ1n) is 5.68. The molecule has 0 aliphatic rings. The molecule has 0 aliphatic carbocycles. The lowest BCUT2D eigenvalue weighted by atomic mass is 10.2. The maximum atomic E-state index is 11.9. The number of anilines is 1. The van der Waals surface area contributed by atoms with Crippen LogP contribution < -0.4 is 10.3 Å². The molecular formula is C12H15N5O. The molecule has 1 heterocycles. The minimum Gasteiger partial charge on any atom is -0.375 e. The molecule has 0 bridgehead atoms. The summed E-state index contributed by atoms with van der Waals surface area (Å²) in [7, 11) is 2.01. The molecule has 94 valence electrons. The summed E-state index contributed by atoms with van der Waals surface area (Å²) < 4.78 is 1.41. The Morgan fingerprint density at radius 1 is 1.28 bits per heavy atom. The maximum Gasteiger partial charge on any atom is 0.270 e. The van der Waals surface area contributed by atoms with E-state index in [1.54, 1.807) is 12.1 Å². The zero-order chi connectivity index (χ0) is 13.0. The van der Waals surface area contributed by atoms with Gasteiger partial charge >= 0.3 is 0 Å². The predicted molar refractivity (Wildman–Crippen MR) is 69.1 cm³/mol. The van der Waals surface area contributed by atoms with Crippen LogP contribution in [-0.2, 0) is 0 Å². The Balaban J connectivity index is 2.07. The molecule has 0 saturated heterocycles. The summed E-state index contributed by atoms with van der Waals surface area (Å²) in [6.45, 7) is 3.00. The van der Waals surface area contributed by atoms with E-state index in [0.717, 1.165) is 12.2 Å². The molecule has 1 aromatic heterocycles. The Hall–Kier alpha value is -2.37. The second kappa shape index (κ2) is 5.31. The van der Waals surface area contributed by atoms with Crippen molar-refractivity contribution >= 4 is 11.6 Å². The summed E-state index contributed by atoms with van der Waals surface area (Å²) in [5, 5.41) is 7.22. The van der Waals surface area contributed by atoms with Crippen LogP contribution in [0.4, 0.5) is 5.69 Å². The highest BCUT2D eigenvalue weighted by Gasteiger charge is 2.06. The van der Waals surface area contributed by atoms with Crippen molar-refractivity contribution in [3.63, 3.8) is 0 Å². The predicted octanol–water partition coefficient (Wildman–Crippen LogP) is 1.12. The zero-order valence-corrected chi connectivity index (χ0v) is 10.4. The van der Waals surface area contributed by atoms with Gasteiger partial charge in [0.15, 0.2) is 0 Å². The lowest BCUT2D eigenvalue weighted by Gasteiger charge is -2.16. The topological polar surface area (TPSA) is 63.1 Å². The van der Waals surface area contributed by atoms with E-state index < -0.39 is 0 Å². The van der Waals surface area contributed by atoms with E-state index in [1.807, 2.05) is 19.2 Å². The van der Waals surface area contributed by atoms with Crippen LogP contribution in [0.3, 0.4) is 0 Å². The van der Waals surface area contributed by atoms with Gasteiger partial charge in [0, 0.05) is 24.8 Å². The van der Waals surface area contributed by atoms with Crippen molar-refractivity contribution in [3.05, 3.63) is 42.5 Å². The van der Waals surface area contributed by atoms with E-state index in [1.165, 1.54) is 17.3 Å². The van der Waals surface area contributed by atoms with Gasteiger partial charge in [-0.3, -0.25) is 10.2 Å².